The molecule has 2 heterocycles. The number of H-pyrrole nitrogens is 2. The number of ether oxygens (including phenoxy) is 1. The molecule has 3 aromatic rings. The molecule has 0 unspecified atom stereocenters. The summed E-state index contributed by atoms with van der Waals surface area (Å²) in [6, 6.07) is 11.0. The second-order valence-corrected chi connectivity index (χ2v) is 4.68. The van der Waals surface area contributed by atoms with E-state index in [2.05, 4.69) is 20.4 Å². The first-order chi connectivity index (χ1) is 10.7. The first-order valence-electron chi connectivity index (χ1n) is 6.68. The normalized spacial score (nSPS) is 11.2. The summed E-state index contributed by atoms with van der Waals surface area (Å²) in [7, 11) is 3.45. The Morgan fingerprint density at radius 1 is 1.09 bits per heavy atom. The third-order valence-corrected chi connectivity index (χ3v) is 3.30. The predicted molar refractivity (Wildman–Crippen MR) is 83.0 cm³/mol. The second kappa shape index (κ2) is 5.72. The summed E-state index contributed by atoms with van der Waals surface area (Å²) >= 11 is 0. The van der Waals surface area contributed by atoms with Gasteiger partial charge in [-0.2, -0.15) is 0 Å². The predicted octanol–water partition coefficient (Wildman–Crippen LogP) is 3.13. The van der Waals surface area contributed by atoms with Crippen molar-refractivity contribution in [3.05, 3.63) is 52.9 Å². The van der Waals surface area contributed by atoms with E-state index in [1.54, 1.807) is 19.2 Å². The fraction of sp³-hybridized carbons (Fsp3) is 0.133. The third kappa shape index (κ3) is 2.44. The Morgan fingerprint density at radius 3 is 2.64 bits per heavy atom. The molecule has 7 nitrogen and oxygen atoms in total. The van der Waals surface area contributed by atoms with Crippen LogP contribution in [0.25, 0.3) is 11.4 Å². The third-order valence-electron chi connectivity index (χ3n) is 3.30. The molecule has 0 fully saturated rings. The lowest BCUT2D eigenvalue weighted by Gasteiger charge is -2.02. The van der Waals surface area contributed by atoms with Crippen LogP contribution in [0.3, 0.4) is 0 Å². The van der Waals surface area contributed by atoms with Gasteiger partial charge in [0.25, 0.3) is 5.56 Å². The lowest BCUT2D eigenvalue weighted by molar-refractivity contribution is 0.416. The van der Waals surface area contributed by atoms with Crippen LogP contribution >= 0.6 is 0 Å². The number of azo groups is 1. The van der Waals surface area contributed by atoms with Gasteiger partial charge in [0.15, 0.2) is 5.69 Å². The van der Waals surface area contributed by atoms with Gasteiger partial charge in [0.2, 0.25) is 0 Å². The maximum atomic E-state index is 11.9. The Labute approximate surface area is 126 Å². The molecule has 1 aromatic carbocycles. The van der Waals surface area contributed by atoms with Crippen molar-refractivity contribution in [2.45, 2.75) is 0 Å². The van der Waals surface area contributed by atoms with Crippen LogP contribution < -0.4 is 10.3 Å². The average molecular weight is 297 g/mol. The number of nitrogens with zero attached hydrogens (tertiary/aromatic N) is 3. The topological polar surface area (TPSA) is 87.5 Å². The zero-order valence-corrected chi connectivity index (χ0v) is 12.2. The minimum Gasteiger partial charge on any atom is -0.494 e. The number of aromatic nitrogens is 3. The van der Waals surface area contributed by atoms with Gasteiger partial charge in [-0.25, -0.2) is 0 Å². The lowest BCUT2D eigenvalue weighted by atomic mass is 10.3. The highest BCUT2D eigenvalue weighted by Gasteiger charge is 2.14. The summed E-state index contributed by atoms with van der Waals surface area (Å²) in [6.07, 6.45) is 1.89. The van der Waals surface area contributed by atoms with E-state index in [0.717, 1.165) is 5.69 Å². The molecule has 3 rings (SSSR count). The van der Waals surface area contributed by atoms with Crippen molar-refractivity contribution < 1.29 is 4.74 Å². The van der Waals surface area contributed by atoms with E-state index in [0.29, 0.717) is 17.1 Å². The Hall–Kier alpha value is -3.09. The van der Waals surface area contributed by atoms with Crippen molar-refractivity contribution in [3.63, 3.8) is 0 Å². The van der Waals surface area contributed by atoms with E-state index in [9.17, 15) is 4.79 Å². The molecule has 112 valence electrons. The molecule has 0 aliphatic rings. The molecule has 0 radical (unpaired) electrons. The van der Waals surface area contributed by atoms with Gasteiger partial charge >= 0.3 is 0 Å². The number of nitrogens with one attached hydrogen (secondary N) is 2. The van der Waals surface area contributed by atoms with Crippen LogP contribution in [0.2, 0.25) is 0 Å². The minimum atomic E-state index is -0.324. The van der Waals surface area contributed by atoms with Gasteiger partial charge in [-0.15, -0.1) is 10.2 Å². The molecule has 0 aliphatic carbocycles. The highest BCUT2D eigenvalue weighted by Crippen LogP contribution is 2.30. The largest absolute Gasteiger partial charge is 0.494 e. The maximum absolute atomic E-state index is 11.9. The number of rotatable bonds is 4. The Kier molecular flexibility index (Phi) is 3.61. The molecule has 0 saturated heterocycles. The molecule has 0 bridgehead atoms. The van der Waals surface area contributed by atoms with Gasteiger partial charge in [-0.1, -0.05) is 12.1 Å². The number of methoxy groups -OCH3 is 1. The Bertz CT molecular complexity index is 872. The minimum absolute atomic E-state index is 0.229. The molecule has 2 aromatic heterocycles. The number of hydrogen-bond acceptors (Lipinski definition) is 4. The number of aryl methyl sites for hydroxylation is 1. The summed E-state index contributed by atoms with van der Waals surface area (Å²) in [5.74, 6) is 0.596. The number of para-hydroxylation sites is 1. The van der Waals surface area contributed by atoms with E-state index in [4.69, 9.17) is 4.74 Å². The van der Waals surface area contributed by atoms with Gasteiger partial charge in [-0.3, -0.25) is 15.0 Å². The molecule has 0 atom stereocenters. The second-order valence-electron chi connectivity index (χ2n) is 4.68. The summed E-state index contributed by atoms with van der Waals surface area (Å²) in [5, 5.41) is 13.6. The van der Waals surface area contributed by atoms with Crippen molar-refractivity contribution in [3.8, 4) is 17.1 Å². The standard InChI is InChI=1S/C15H15N5O2/c1-20-9-5-7-11(20)13-14(15(21)19-17-13)18-16-10-6-3-4-8-12(10)22-2/h3-9H,1-2H3,(H2,17,19,21). The highest BCUT2D eigenvalue weighted by molar-refractivity contribution is 5.69. The summed E-state index contributed by atoms with van der Waals surface area (Å²) < 4.78 is 7.11. The van der Waals surface area contributed by atoms with Crippen molar-refractivity contribution in [1.82, 2.24) is 14.8 Å². The molecule has 0 saturated carbocycles. The van der Waals surface area contributed by atoms with Crippen LogP contribution in [0.5, 0.6) is 5.75 Å². The quantitative estimate of drug-likeness (QED) is 0.725. The van der Waals surface area contributed by atoms with E-state index < -0.39 is 0 Å². The zero-order valence-electron chi connectivity index (χ0n) is 12.2. The first kappa shape index (κ1) is 13.9. The van der Waals surface area contributed by atoms with E-state index >= 15 is 0 Å². The van der Waals surface area contributed by atoms with Crippen molar-refractivity contribution >= 4 is 11.4 Å². The molecule has 0 amide bonds. The van der Waals surface area contributed by atoms with E-state index in [1.807, 2.05) is 42.1 Å². The van der Waals surface area contributed by atoms with Crippen molar-refractivity contribution in [2.75, 3.05) is 7.11 Å². The van der Waals surface area contributed by atoms with Crippen LogP contribution in [-0.4, -0.2) is 21.9 Å². The van der Waals surface area contributed by atoms with Crippen molar-refractivity contribution in [1.29, 1.82) is 0 Å². The van der Waals surface area contributed by atoms with Gasteiger partial charge in [0.05, 0.1) is 12.8 Å². The fourth-order valence-electron chi connectivity index (χ4n) is 2.17. The molecule has 7 heteroatoms. The number of hydrogen-bond donors (Lipinski definition) is 2. The summed E-state index contributed by atoms with van der Waals surface area (Å²) in [6.45, 7) is 0. The van der Waals surface area contributed by atoms with Gasteiger partial charge in [0, 0.05) is 13.2 Å². The fourth-order valence-corrected chi connectivity index (χ4v) is 2.17. The van der Waals surface area contributed by atoms with Crippen LogP contribution in [0.4, 0.5) is 11.4 Å². The smallest absolute Gasteiger partial charge is 0.292 e. The van der Waals surface area contributed by atoms with Crippen LogP contribution in [-0.2, 0) is 7.05 Å². The van der Waals surface area contributed by atoms with Crippen LogP contribution in [0, 0.1) is 0 Å². The lowest BCUT2D eigenvalue weighted by Crippen LogP contribution is -1.97. The van der Waals surface area contributed by atoms with Crippen LogP contribution in [0.15, 0.2) is 57.6 Å². The summed E-state index contributed by atoms with van der Waals surface area (Å²) in [5.41, 5.74) is 1.90. The number of aromatic amines is 2. The molecular weight excluding hydrogens is 282 g/mol. The van der Waals surface area contributed by atoms with E-state index in [1.165, 1.54) is 0 Å². The van der Waals surface area contributed by atoms with Crippen LogP contribution in [0.1, 0.15) is 0 Å². The average Bonchev–Trinajstić information content (AvgIpc) is 3.11. The maximum Gasteiger partial charge on any atom is 0.292 e. The highest BCUT2D eigenvalue weighted by atomic mass is 16.5. The molecular formula is C15H15N5O2. The first-order valence-corrected chi connectivity index (χ1v) is 6.68. The van der Waals surface area contributed by atoms with Gasteiger partial charge < -0.3 is 9.30 Å². The molecule has 0 aliphatic heterocycles. The molecule has 0 spiro atoms. The Morgan fingerprint density at radius 2 is 1.91 bits per heavy atom. The number of benzene rings is 1. The Balaban J connectivity index is 2.03. The van der Waals surface area contributed by atoms with Crippen molar-refractivity contribution in [2.24, 2.45) is 17.3 Å². The summed E-state index contributed by atoms with van der Waals surface area (Å²) in [4.78, 5) is 11.9. The molecule has 2 N–H and O–H groups in total. The van der Waals surface area contributed by atoms with E-state index in [-0.39, 0.29) is 11.2 Å². The van der Waals surface area contributed by atoms with Gasteiger partial charge in [-0.05, 0) is 24.3 Å². The molecule has 22 heavy (non-hydrogen) atoms. The zero-order chi connectivity index (χ0) is 15.5. The van der Waals surface area contributed by atoms with Gasteiger partial charge in [0.1, 0.15) is 17.1 Å². The SMILES string of the molecule is COc1ccccc1N=Nc1c(-c2cccn2C)[nH][nH]c1=O. The monoisotopic (exact) mass is 297 g/mol.